The van der Waals surface area contributed by atoms with Gasteiger partial charge in [-0.15, -0.1) is 0 Å². The van der Waals surface area contributed by atoms with Crippen LogP contribution in [0.1, 0.15) is 31.9 Å². The first-order valence-electron chi connectivity index (χ1n) is 8.18. The summed E-state index contributed by atoms with van der Waals surface area (Å²) in [5.74, 6) is 0. The van der Waals surface area contributed by atoms with Gasteiger partial charge in [0, 0.05) is 5.54 Å². The van der Waals surface area contributed by atoms with Crippen molar-refractivity contribution in [3.05, 3.63) is 77.9 Å². The molecule has 2 aromatic carbocycles. The summed E-state index contributed by atoms with van der Waals surface area (Å²) in [5, 5.41) is 0. The first-order chi connectivity index (χ1) is 11.0. The van der Waals surface area contributed by atoms with Gasteiger partial charge in [-0.1, -0.05) is 60.7 Å². The molecule has 23 heavy (non-hydrogen) atoms. The van der Waals surface area contributed by atoms with Crippen LogP contribution >= 0.6 is 0 Å². The fraction of sp³-hybridized carbons (Fsp3) is 0.286. The van der Waals surface area contributed by atoms with Gasteiger partial charge in [0.15, 0.2) is 0 Å². The molecule has 0 fully saturated rings. The third kappa shape index (κ3) is 3.70. The smallest absolute Gasteiger partial charge is 0.0921 e. The molecule has 0 bridgehead atoms. The van der Waals surface area contributed by atoms with Crippen LogP contribution in [0.3, 0.4) is 0 Å². The molecular formula is C21H24N2. The van der Waals surface area contributed by atoms with Crippen LogP contribution in [0.4, 0.5) is 0 Å². The van der Waals surface area contributed by atoms with E-state index in [9.17, 15) is 0 Å². The molecule has 1 heterocycles. The van der Waals surface area contributed by atoms with E-state index in [0.29, 0.717) is 6.04 Å². The summed E-state index contributed by atoms with van der Waals surface area (Å²) in [6.07, 6.45) is 5.30. The van der Waals surface area contributed by atoms with Gasteiger partial charge in [-0.25, -0.2) is 4.99 Å². The molecule has 0 saturated carbocycles. The average Bonchev–Trinajstić information content (AvgIpc) is 2.55. The molecule has 0 saturated heterocycles. The zero-order chi connectivity index (χ0) is 16.3. The van der Waals surface area contributed by atoms with Crippen LogP contribution < -0.4 is 0 Å². The third-order valence-electron chi connectivity index (χ3n) is 4.16. The molecule has 0 aliphatic carbocycles. The lowest BCUT2D eigenvalue weighted by molar-refractivity contribution is 0.206. The monoisotopic (exact) mass is 304 g/mol. The van der Waals surface area contributed by atoms with Crippen molar-refractivity contribution in [2.75, 3.05) is 0 Å². The Morgan fingerprint density at radius 3 is 2.13 bits per heavy atom. The minimum absolute atomic E-state index is 0.0433. The van der Waals surface area contributed by atoms with Crippen molar-refractivity contribution in [2.24, 2.45) is 4.99 Å². The van der Waals surface area contributed by atoms with Crippen LogP contribution in [-0.4, -0.2) is 22.8 Å². The Balaban J connectivity index is 1.92. The topological polar surface area (TPSA) is 15.6 Å². The Bertz CT molecular complexity index is 694. The van der Waals surface area contributed by atoms with E-state index in [4.69, 9.17) is 4.99 Å². The Labute approximate surface area is 139 Å². The number of aliphatic imine (C=N–C) groups is 1. The first kappa shape index (κ1) is 15.5. The van der Waals surface area contributed by atoms with Crippen LogP contribution in [-0.2, 0) is 6.42 Å². The van der Waals surface area contributed by atoms with Crippen LogP contribution in [0.15, 0.2) is 71.7 Å². The summed E-state index contributed by atoms with van der Waals surface area (Å²) in [6.45, 7) is 6.70. The van der Waals surface area contributed by atoms with Gasteiger partial charge < -0.3 is 4.90 Å². The molecule has 118 valence electrons. The van der Waals surface area contributed by atoms with Crippen molar-refractivity contribution < 1.29 is 0 Å². The summed E-state index contributed by atoms with van der Waals surface area (Å²) in [7, 11) is 0. The largest absolute Gasteiger partial charge is 0.351 e. The van der Waals surface area contributed by atoms with Crippen molar-refractivity contribution >= 4 is 12.0 Å². The van der Waals surface area contributed by atoms with Gasteiger partial charge in [-0.3, -0.25) is 0 Å². The molecule has 0 N–H and O–H groups in total. The van der Waals surface area contributed by atoms with E-state index < -0.39 is 0 Å². The van der Waals surface area contributed by atoms with Crippen molar-refractivity contribution in [3.8, 4) is 0 Å². The molecule has 0 amide bonds. The third-order valence-corrected chi connectivity index (χ3v) is 4.16. The molecular weight excluding hydrogens is 280 g/mol. The molecule has 2 aromatic rings. The predicted octanol–water partition coefficient (Wildman–Crippen LogP) is 4.78. The molecule has 3 rings (SSSR count). The molecule has 1 aliphatic rings. The second-order valence-electron chi connectivity index (χ2n) is 7.00. The van der Waals surface area contributed by atoms with E-state index in [0.717, 1.165) is 12.1 Å². The molecule has 1 unspecified atom stereocenters. The van der Waals surface area contributed by atoms with Gasteiger partial charge in [0.1, 0.15) is 0 Å². The predicted molar refractivity (Wildman–Crippen MR) is 98.4 cm³/mol. The molecule has 0 aromatic heterocycles. The summed E-state index contributed by atoms with van der Waals surface area (Å²) in [4.78, 5) is 7.06. The highest BCUT2D eigenvalue weighted by atomic mass is 15.2. The Hall–Kier alpha value is -2.35. The number of hydrogen-bond donors (Lipinski definition) is 0. The summed E-state index contributed by atoms with van der Waals surface area (Å²) < 4.78 is 0. The van der Waals surface area contributed by atoms with Crippen molar-refractivity contribution in [2.45, 2.75) is 38.8 Å². The van der Waals surface area contributed by atoms with Crippen LogP contribution in [0.25, 0.3) is 5.70 Å². The zero-order valence-electron chi connectivity index (χ0n) is 14.1. The maximum absolute atomic E-state index is 4.70. The second-order valence-corrected chi connectivity index (χ2v) is 7.00. The normalized spacial score (nSPS) is 18.0. The summed E-state index contributed by atoms with van der Waals surface area (Å²) >= 11 is 0. The molecule has 0 spiro atoms. The quantitative estimate of drug-likeness (QED) is 0.796. The lowest BCUT2D eigenvalue weighted by Crippen LogP contribution is -2.48. The standard InChI is InChI=1S/C21H24N2/c1-21(2,3)23-16-22-20(18-12-8-5-9-13-18)15-19(23)14-17-10-6-4-7-11-17/h4-13,15-16,19H,14H2,1-3H3. The van der Waals surface area contributed by atoms with Crippen LogP contribution in [0.5, 0.6) is 0 Å². The number of rotatable bonds is 3. The Morgan fingerprint density at radius 1 is 0.913 bits per heavy atom. The highest BCUT2D eigenvalue weighted by molar-refractivity contribution is 5.77. The first-order valence-corrected chi connectivity index (χ1v) is 8.18. The molecule has 2 nitrogen and oxygen atoms in total. The SMILES string of the molecule is CC(C)(C)N1C=NC(c2ccccc2)=CC1Cc1ccccc1. The van der Waals surface area contributed by atoms with E-state index >= 15 is 0 Å². The van der Waals surface area contributed by atoms with Gasteiger partial charge in [-0.05, 0) is 44.4 Å². The van der Waals surface area contributed by atoms with Crippen molar-refractivity contribution in [3.63, 3.8) is 0 Å². The number of benzene rings is 2. The van der Waals surface area contributed by atoms with Gasteiger partial charge in [0.2, 0.25) is 0 Å². The van der Waals surface area contributed by atoms with Crippen LogP contribution in [0, 0.1) is 0 Å². The van der Waals surface area contributed by atoms with E-state index in [1.54, 1.807) is 0 Å². The van der Waals surface area contributed by atoms with E-state index in [1.165, 1.54) is 11.1 Å². The molecule has 1 atom stereocenters. The van der Waals surface area contributed by atoms with Crippen molar-refractivity contribution in [1.29, 1.82) is 0 Å². The Kier molecular flexibility index (Phi) is 4.33. The summed E-state index contributed by atoms with van der Waals surface area (Å²) in [6, 6.07) is 21.4. The minimum Gasteiger partial charge on any atom is -0.351 e. The van der Waals surface area contributed by atoms with E-state index in [-0.39, 0.29) is 5.54 Å². The van der Waals surface area contributed by atoms with E-state index in [2.05, 4.69) is 86.3 Å². The minimum atomic E-state index is 0.0433. The summed E-state index contributed by atoms with van der Waals surface area (Å²) in [5.41, 5.74) is 3.63. The molecule has 0 radical (unpaired) electrons. The molecule has 2 heteroatoms. The maximum Gasteiger partial charge on any atom is 0.0921 e. The zero-order valence-corrected chi connectivity index (χ0v) is 14.1. The molecule has 1 aliphatic heterocycles. The fourth-order valence-corrected chi connectivity index (χ4v) is 2.98. The highest BCUT2D eigenvalue weighted by Crippen LogP contribution is 2.27. The average molecular weight is 304 g/mol. The maximum atomic E-state index is 4.70. The van der Waals surface area contributed by atoms with Gasteiger partial charge in [0.05, 0.1) is 18.1 Å². The van der Waals surface area contributed by atoms with Gasteiger partial charge >= 0.3 is 0 Å². The van der Waals surface area contributed by atoms with E-state index in [1.807, 2.05) is 12.4 Å². The van der Waals surface area contributed by atoms with Gasteiger partial charge in [-0.2, -0.15) is 0 Å². The highest BCUT2D eigenvalue weighted by Gasteiger charge is 2.28. The lowest BCUT2D eigenvalue weighted by atomic mass is 9.96. The Morgan fingerprint density at radius 2 is 1.52 bits per heavy atom. The van der Waals surface area contributed by atoms with Crippen LogP contribution in [0.2, 0.25) is 0 Å². The lowest BCUT2D eigenvalue weighted by Gasteiger charge is -2.41. The van der Waals surface area contributed by atoms with Crippen molar-refractivity contribution in [1.82, 2.24) is 4.90 Å². The second kappa shape index (κ2) is 6.41. The number of hydrogen-bond acceptors (Lipinski definition) is 2. The van der Waals surface area contributed by atoms with Gasteiger partial charge in [0.25, 0.3) is 0 Å². The fourth-order valence-electron chi connectivity index (χ4n) is 2.98. The number of nitrogens with zero attached hydrogens (tertiary/aromatic N) is 2.